The van der Waals surface area contributed by atoms with Crippen LogP contribution < -0.4 is 5.32 Å². The maximum absolute atomic E-state index is 12.1. The molecule has 4 heteroatoms. The fourth-order valence-corrected chi connectivity index (χ4v) is 3.26. The van der Waals surface area contributed by atoms with Gasteiger partial charge in [-0.05, 0) is 36.8 Å². The van der Waals surface area contributed by atoms with Gasteiger partial charge in [0.25, 0.3) is 0 Å². The summed E-state index contributed by atoms with van der Waals surface area (Å²) in [6.45, 7) is 0.907. The minimum atomic E-state index is 0.0431. The molecule has 1 aromatic rings. The third-order valence-electron chi connectivity index (χ3n) is 4.40. The Morgan fingerprint density at radius 1 is 1.33 bits per heavy atom. The number of benzene rings is 1. The molecule has 0 aromatic heterocycles. The molecule has 0 heterocycles. The Bertz CT molecular complexity index is 559. The van der Waals surface area contributed by atoms with Crippen LogP contribution in [0.4, 0.5) is 0 Å². The van der Waals surface area contributed by atoms with Crippen LogP contribution >= 0.6 is 0 Å². The Labute approximate surface area is 125 Å². The number of nitrogens with one attached hydrogen (secondary N) is 1. The first-order valence-electron chi connectivity index (χ1n) is 7.77. The molecule has 1 N–H and O–H groups in total. The summed E-state index contributed by atoms with van der Waals surface area (Å²) in [6, 6.07) is 11.6. The first-order chi connectivity index (χ1) is 10.3. The van der Waals surface area contributed by atoms with Crippen molar-refractivity contribution >= 4 is 5.91 Å². The fraction of sp³-hybridized carbons (Fsp3) is 0.529. The normalized spacial score (nSPS) is 20.1. The molecular formula is C17H21N3O. The van der Waals surface area contributed by atoms with Crippen LogP contribution in [-0.2, 0) is 11.2 Å². The van der Waals surface area contributed by atoms with Gasteiger partial charge in [0, 0.05) is 18.6 Å². The molecule has 2 aliphatic carbocycles. The average Bonchev–Trinajstić information content (AvgIpc) is 3.25. The van der Waals surface area contributed by atoms with Gasteiger partial charge in [0.15, 0.2) is 0 Å². The number of hydrogen-bond acceptors (Lipinski definition) is 3. The number of carbonyl (C=O) groups is 1. The Hall–Kier alpha value is -1.86. The van der Waals surface area contributed by atoms with Crippen LogP contribution in [0.5, 0.6) is 0 Å². The van der Waals surface area contributed by atoms with E-state index in [1.165, 1.54) is 24.0 Å². The standard InChI is InChI=1S/C17H21N3O/c18-10-3-11-19-17(21)12-20(14-7-8-14)16-9-6-13-4-1-2-5-15(13)16/h1-2,4-5,14,16H,3,6-9,11-12H2,(H,19,21)/t16-/m0/s1. The number of hydrogen-bond donors (Lipinski definition) is 1. The molecule has 4 nitrogen and oxygen atoms in total. The van der Waals surface area contributed by atoms with Crippen LogP contribution in [-0.4, -0.2) is 29.9 Å². The van der Waals surface area contributed by atoms with E-state index in [9.17, 15) is 4.79 Å². The molecule has 0 unspecified atom stereocenters. The predicted molar refractivity (Wildman–Crippen MR) is 80.5 cm³/mol. The number of carbonyl (C=O) groups excluding carboxylic acids is 1. The summed E-state index contributed by atoms with van der Waals surface area (Å²) in [6.07, 6.45) is 5.00. The molecule has 3 rings (SSSR count). The third kappa shape index (κ3) is 3.25. The van der Waals surface area contributed by atoms with Gasteiger partial charge < -0.3 is 5.32 Å². The SMILES string of the molecule is N#CCCNC(=O)CN(C1CC1)[C@H]1CCc2ccccc21. The van der Waals surface area contributed by atoms with Crippen molar-refractivity contribution < 1.29 is 4.79 Å². The lowest BCUT2D eigenvalue weighted by Crippen LogP contribution is -2.40. The van der Waals surface area contributed by atoms with Crippen molar-refractivity contribution in [3.8, 4) is 6.07 Å². The zero-order chi connectivity index (χ0) is 14.7. The largest absolute Gasteiger partial charge is 0.354 e. The number of aryl methyl sites for hydroxylation is 1. The smallest absolute Gasteiger partial charge is 0.234 e. The van der Waals surface area contributed by atoms with E-state index in [2.05, 4.69) is 40.6 Å². The summed E-state index contributed by atoms with van der Waals surface area (Å²) in [5, 5.41) is 11.4. The molecule has 1 fully saturated rings. The van der Waals surface area contributed by atoms with Crippen LogP contribution in [0.3, 0.4) is 0 Å². The first-order valence-corrected chi connectivity index (χ1v) is 7.77. The fourth-order valence-electron chi connectivity index (χ4n) is 3.26. The van der Waals surface area contributed by atoms with Gasteiger partial charge in [0.05, 0.1) is 19.0 Å². The molecule has 0 radical (unpaired) electrons. The van der Waals surface area contributed by atoms with Crippen molar-refractivity contribution in [2.24, 2.45) is 0 Å². The van der Waals surface area contributed by atoms with Crippen LogP contribution in [0.15, 0.2) is 24.3 Å². The monoisotopic (exact) mass is 283 g/mol. The molecular weight excluding hydrogens is 262 g/mol. The zero-order valence-corrected chi connectivity index (χ0v) is 12.2. The number of rotatable bonds is 6. The van der Waals surface area contributed by atoms with E-state index < -0.39 is 0 Å². The van der Waals surface area contributed by atoms with Gasteiger partial charge in [-0.1, -0.05) is 24.3 Å². The van der Waals surface area contributed by atoms with E-state index >= 15 is 0 Å². The minimum absolute atomic E-state index is 0.0431. The Morgan fingerprint density at radius 2 is 2.14 bits per heavy atom. The van der Waals surface area contributed by atoms with E-state index in [0.717, 1.165) is 12.8 Å². The second kappa shape index (κ2) is 6.28. The topological polar surface area (TPSA) is 56.1 Å². The molecule has 2 aliphatic rings. The Morgan fingerprint density at radius 3 is 2.90 bits per heavy atom. The van der Waals surface area contributed by atoms with Gasteiger partial charge in [-0.3, -0.25) is 9.69 Å². The summed E-state index contributed by atoms with van der Waals surface area (Å²) < 4.78 is 0. The van der Waals surface area contributed by atoms with Crippen LogP contribution in [0.25, 0.3) is 0 Å². The molecule has 1 aromatic carbocycles. The summed E-state index contributed by atoms with van der Waals surface area (Å²) in [7, 11) is 0. The maximum atomic E-state index is 12.1. The molecule has 1 saturated carbocycles. The lowest BCUT2D eigenvalue weighted by molar-refractivity contribution is -0.123. The van der Waals surface area contributed by atoms with Gasteiger partial charge >= 0.3 is 0 Å². The lowest BCUT2D eigenvalue weighted by atomic mass is 10.1. The second-order valence-corrected chi connectivity index (χ2v) is 5.91. The highest BCUT2D eigenvalue weighted by Crippen LogP contribution is 2.41. The molecule has 21 heavy (non-hydrogen) atoms. The van der Waals surface area contributed by atoms with Gasteiger partial charge in [0.2, 0.25) is 5.91 Å². The van der Waals surface area contributed by atoms with E-state index in [0.29, 0.717) is 31.6 Å². The first kappa shape index (κ1) is 14.1. The molecule has 1 atom stereocenters. The molecule has 0 saturated heterocycles. The highest BCUT2D eigenvalue weighted by molar-refractivity contribution is 5.78. The molecule has 0 aliphatic heterocycles. The van der Waals surface area contributed by atoms with Gasteiger partial charge in [-0.25, -0.2) is 0 Å². The molecule has 110 valence electrons. The minimum Gasteiger partial charge on any atom is -0.354 e. The number of nitrogens with zero attached hydrogens (tertiary/aromatic N) is 2. The van der Waals surface area contributed by atoms with Gasteiger partial charge in [0.1, 0.15) is 0 Å². The van der Waals surface area contributed by atoms with E-state index in [1.54, 1.807) is 0 Å². The van der Waals surface area contributed by atoms with Crippen molar-refractivity contribution in [2.45, 2.75) is 44.2 Å². The van der Waals surface area contributed by atoms with Gasteiger partial charge in [-0.2, -0.15) is 5.26 Å². The van der Waals surface area contributed by atoms with Crippen molar-refractivity contribution in [2.75, 3.05) is 13.1 Å². The lowest BCUT2D eigenvalue weighted by Gasteiger charge is -2.29. The van der Waals surface area contributed by atoms with Crippen molar-refractivity contribution in [1.82, 2.24) is 10.2 Å². The molecule has 0 bridgehead atoms. The number of nitriles is 1. The third-order valence-corrected chi connectivity index (χ3v) is 4.40. The average molecular weight is 283 g/mol. The quantitative estimate of drug-likeness (QED) is 0.814. The number of fused-ring (bicyclic) bond motifs is 1. The van der Waals surface area contributed by atoms with E-state index in [-0.39, 0.29) is 5.91 Å². The highest BCUT2D eigenvalue weighted by Gasteiger charge is 2.38. The van der Waals surface area contributed by atoms with Crippen molar-refractivity contribution in [3.63, 3.8) is 0 Å². The predicted octanol–water partition coefficient (Wildman–Crippen LogP) is 2.17. The summed E-state index contributed by atoms with van der Waals surface area (Å²) in [4.78, 5) is 14.4. The highest BCUT2D eigenvalue weighted by atomic mass is 16.2. The summed E-state index contributed by atoms with van der Waals surface area (Å²) in [5.41, 5.74) is 2.83. The Kier molecular flexibility index (Phi) is 4.21. The molecule has 1 amide bonds. The van der Waals surface area contributed by atoms with Crippen molar-refractivity contribution in [3.05, 3.63) is 35.4 Å². The second-order valence-electron chi connectivity index (χ2n) is 5.91. The Balaban J connectivity index is 1.66. The summed E-state index contributed by atoms with van der Waals surface area (Å²) in [5.74, 6) is 0.0431. The number of amides is 1. The molecule has 0 spiro atoms. The van der Waals surface area contributed by atoms with Gasteiger partial charge in [-0.15, -0.1) is 0 Å². The van der Waals surface area contributed by atoms with Crippen LogP contribution in [0.2, 0.25) is 0 Å². The van der Waals surface area contributed by atoms with E-state index in [1.807, 2.05) is 0 Å². The summed E-state index contributed by atoms with van der Waals surface area (Å²) >= 11 is 0. The van der Waals surface area contributed by atoms with E-state index in [4.69, 9.17) is 5.26 Å². The van der Waals surface area contributed by atoms with Crippen molar-refractivity contribution in [1.29, 1.82) is 5.26 Å². The van der Waals surface area contributed by atoms with Crippen LogP contribution in [0, 0.1) is 11.3 Å². The maximum Gasteiger partial charge on any atom is 0.234 e. The zero-order valence-electron chi connectivity index (χ0n) is 12.2. The van der Waals surface area contributed by atoms with Crippen LogP contribution in [0.1, 0.15) is 42.9 Å².